The van der Waals surface area contributed by atoms with Crippen molar-refractivity contribution >= 4 is 22.5 Å². The molecule has 0 N–H and O–H groups in total. The van der Waals surface area contributed by atoms with Gasteiger partial charge in [-0.15, -0.1) is 0 Å². The van der Waals surface area contributed by atoms with E-state index in [0.29, 0.717) is 34.0 Å². The highest BCUT2D eigenvalue weighted by Crippen LogP contribution is 2.30. The first-order valence-corrected chi connectivity index (χ1v) is 8.51. The van der Waals surface area contributed by atoms with Gasteiger partial charge in [0.2, 0.25) is 0 Å². The van der Waals surface area contributed by atoms with Crippen molar-refractivity contribution < 1.29 is 9.47 Å². The summed E-state index contributed by atoms with van der Waals surface area (Å²) < 4.78 is 13.4. The summed E-state index contributed by atoms with van der Waals surface area (Å²) in [6.45, 7) is 2.35. The van der Waals surface area contributed by atoms with Gasteiger partial charge in [0.25, 0.3) is 5.56 Å². The minimum Gasteiger partial charge on any atom is -0.493 e. The number of nitrogens with zero attached hydrogens (tertiary/aromatic N) is 2. The Morgan fingerprint density at radius 3 is 2.15 bits per heavy atom. The Kier molecular flexibility index (Phi) is 5.04. The second-order valence-corrected chi connectivity index (χ2v) is 6.21. The van der Waals surface area contributed by atoms with Crippen molar-refractivity contribution in [3.05, 3.63) is 67.8 Å². The second kappa shape index (κ2) is 7.25. The highest BCUT2D eigenvalue weighted by Gasteiger charge is 2.16. The van der Waals surface area contributed by atoms with E-state index in [9.17, 15) is 9.59 Å². The first kappa shape index (κ1) is 18.1. The van der Waals surface area contributed by atoms with Gasteiger partial charge in [0.05, 0.1) is 31.7 Å². The molecule has 0 amide bonds. The van der Waals surface area contributed by atoms with Crippen LogP contribution in [0.1, 0.15) is 12.5 Å². The van der Waals surface area contributed by atoms with Gasteiger partial charge in [-0.25, -0.2) is 4.79 Å². The summed E-state index contributed by atoms with van der Waals surface area (Å²) in [6, 6.07) is 10.5. The van der Waals surface area contributed by atoms with E-state index >= 15 is 0 Å². The van der Waals surface area contributed by atoms with Gasteiger partial charge >= 0.3 is 5.69 Å². The second-order valence-electron chi connectivity index (χ2n) is 5.77. The molecule has 1 aromatic heterocycles. The molecule has 0 aliphatic carbocycles. The summed E-state index contributed by atoms with van der Waals surface area (Å²) >= 11 is 5.94. The maximum absolute atomic E-state index is 12.9. The Morgan fingerprint density at radius 2 is 1.58 bits per heavy atom. The van der Waals surface area contributed by atoms with Gasteiger partial charge in [0.15, 0.2) is 11.5 Å². The number of fused-ring (bicyclic) bond motifs is 1. The average Bonchev–Trinajstić information content (AvgIpc) is 2.66. The fourth-order valence-corrected chi connectivity index (χ4v) is 3.07. The largest absolute Gasteiger partial charge is 0.493 e. The zero-order valence-corrected chi connectivity index (χ0v) is 15.5. The monoisotopic (exact) mass is 374 g/mol. The molecule has 6 nitrogen and oxygen atoms in total. The van der Waals surface area contributed by atoms with E-state index in [2.05, 4.69) is 0 Å². The van der Waals surface area contributed by atoms with E-state index in [1.807, 2.05) is 12.1 Å². The topological polar surface area (TPSA) is 62.5 Å². The molecule has 136 valence electrons. The van der Waals surface area contributed by atoms with Crippen molar-refractivity contribution in [1.29, 1.82) is 0 Å². The molecule has 2 aromatic carbocycles. The summed E-state index contributed by atoms with van der Waals surface area (Å²) in [5, 5.41) is 1.02. The van der Waals surface area contributed by atoms with Crippen molar-refractivity contribution in [1.82, 2.24) is 9.13 Å². The minimum absolute atomic E-state index is 0.280. The summed E-state index contributed by atoms with van der Waals surface area (Å²) in [6.07, 6.45) is 0. The molecule has 0 unspecified atom stereocenters. The van der Waals surface area contributed by atoms with Crippen LogP contribution in [0, 0.1) is 0 Å². The lowest BCUT2D eigenvalue weighted by molar-refractivity contribution is 0.355. The molecule has 7 heteroatoms. The van der Waals surface area contributed by atoms with Crippen molar-refractivity contribution in [2.75, 3.05) is 14.2 Å². The van der Waals surface area contributed by atoms with E-state index in [1.165, 1.54) is 18.8 Å². The highest BCUT2D eigenvalue weighted by molar-refractivity contribution is 6.30. The highest BCUT2D eigenvalue weighted by atomic mass is 35.5. The molecule has 3 rings (SSSR count). The van der Waals surface area contributed by atoms with Crippen LogP contribution >= 0.6 is 11.6 Å². The van der Waals surface area contributed by atoms with Gasteiger partial charge in [-0.3, -0.25) is 13.9 Å². The molecule has 0 aliphatic heterocycles. The van der Waals surface area contributed by atoms with E-state index in [0.717, 1.165) is 5.56 Å². The fraction of sp³-hybridized carbons (Fsp3) is 0.263. The molecule has 0 saturated carbocycles. The van der Waals surface area contributed by atoms with Crippen molar-refractivity contribution in [3.8, 4) is 11.5 Å². The molecular weight excluding hydrogens is 356 g/mol. The smallest absolute Gasteiger partial charge is 0.331 e. The number of methoxy groups -OCH3 is 2. The van der Waals surface area contributed by atoms with Crippen LogP contribution in [0.5, 0.6) is 11.5 Å². The zero-order chi connectivity index (χ0) is 18.8. The minimum atomic E-state index is -0.368. The third-order valence-electron chi connectivity index (χ3n) is 4.30. The molecular formula is C19H19ClN2O4. The van der Waals surface area contributed by atoms with Crippen LogP contribution in [0.15, 0.2) is 46.0 Å². The summed E-state index contributed by atoms with van der Waals surface area (Å²) in [5.41, 5.74) is 0.680. The number of benzene rings is 2. The van der Waals surface area contributed by atoms with Gasteiger partial charge in [-0.2, -0.15) is 0 Å². The maximum Gasteiger partial charge on any atom is 0.331 e. The first-order valence-electron chi connectivity index (χ1n) is 8.14. The predicted octanol–water partition coefficient (Wildman–Crippen LogP) is 2.90. The molecule has 0 aliphatic rings. The fourth-order valence-electron chi connectivity index (χ4n) is 2.95. The zero-order valence-electron chi connectivity index (χ0n) is 14.8. The maximum atomic E-state index is 12.9. The Hall–Kier alpha value is -2.73. The predicted molar refractivity (Wildman–Crippen MR) is 102 cm³/mol. The Labute approximate surface area is 155 Å². The SMILES string of the molecule is CCn1c(=O)c2cc(OC)c(OC)cc2n(Cc2ccc(Cl)cc2)c1=O. The molecule has 0 saturated heterocycles. The van der Waals surface area contributed by atoms with Crippen LogP contribution in [-0.2, 0) is 13.1 Å². The van der Waals surface area contributed by atoms with Crippen LogP contribution < -0.4 is 20.7 Å². The Bertz CT molecular complexity index is 1070. The molecule has 26 heavy (non-hydrogen) atoms. The quantitative estimate of drug-likeness (QED) is 0.689. The Morgan fingerprint density at radius 1 is 0.962 bits per heavy atom. The molecule has 0 bridgehead atoms. The van der Waals surface area contributed by atoms with Gasteiger partial charge < -0.3 is 9.47 Å². The first-order chi connectivity index (χ1) is 12.5. The van der Waals surface area contributed by atoms with Crippen molar-refractivity contribution in [3.63, 3.8) is 0 Å². The van der Waals surface area contributed by atoms with Gasteiger partial charge in [0.1, 0.15) is 0 Å². The molecule has 0 radical (unpaired) electrons. The van der Waals surface area contributed by atoms with Crippen LogP contribution in [0.2, 0.25) is 5.02 Å². The molecule has 0 fully saturated rings. The molecule has 1 heterocycles. The van der Waals surface area contributed by atoms with Gasteiger partial charge in [-0.1, -0.05) is 23.7 Å². The van der Waals surface area contributed by atoms with E-state index in [-0.39, 0.29) is 17.8 Å². The lowest BCUT2D eigenvalue weighted by Gasteiger charge is -2.16. The summed E-state index contributed by atoms with van der Waals surface area (Å²) in [7, 11) is 3.02. The van der Waals surface area contributed by atoms with Crippen LogP contribution in [-0.4, -0.2) is 23.4 Å². The summed E-state index contributed by atoms with van der Waals surface area (Å²) in [4.78, 5) is 25.6. The number of ether oxygens (including phenoxy) is 2. The number of aromatic nitrogens is 2. The van der Waals surface area contributed by atoms with E-state index in [4.69, 9.17) is 21.1 Å². The van der Waals surface area contributed by atoms with Crippen molar-refractivity contribution in [2.24, 2.45) is 0 Å². The Balaban J connectivity index is 2.33. The molecule has 3 aromatic rings. The van der Waals surface area contributed by atoms with Crippen LogP contribution in [0.4, 0.5) is 0 Å². The van der Waals surface area contributed by atoms with Crippen LogP contribution in [0.25, 0.3) is 10.9 Å². The van der Waals surface area contributed by atoms with Crippen LogP contribution in [0.3, 0.4) is 0 Å². The summed E-state index contributed by atoms with van der Waals surface area (Å²) in [5.74, 6) is 0.898. The number of rotatable bonds is 5. The number of hydrogen-bond acceptors (Lipinski definition) is 4. The third kappa shape index (κ3) is 3.08. The van der Waals surface area contributed by atoms with Crippen molar-refractivity contribution in [2.45, 2.75) is 20.0 Å². The average molecular weight is 375 g/mol. The lowest BCUT2D eigenvalue weighted by Crippen LogP contribution is -2.39. The number of halogens is 1. The standard InChI is InChI=1S/C19H19ClN2O4/c1-4-21-18(23)14-9-16(25-2)17(26-3)10-15(14)22(19(21)24)11-12-5-7-13(20)8-6-12/h5-10H,4,11H2,1-3H3. The number of hydrogen-bond donors (Lipinski definition) is 0. The van der Waals surface area contributed by atoms with E-state index < -0.39 is 0 Å². The molecule has 0 spiro atoms. The lowest BCUT2D eigenvalue weighted by atomic mass is 10.2. The molecule has 0 atom stereocenters. The normalized spacial score (nSPS) is 10.9. The third-order valence-corrected chi connectivity index (χ3v) is 4.55. The van der Waals surface area contributed by atoms with E-state index in [1.54, 1.807) is 35.8 Å². The van der Waals surface area contributed by atoms with Gasteiger partial charge in [0, 0.05) is 17.6 Å². The van der Waals surface area contributed by atoms with Gasteiger partial charge in [-0.05, 0) is 30.7 Å².